The van der Waals surface area contributed by atoms with Crippen molar-refractivity contribution in [3.8, 4) is 0 Å². The van der Waals surface area contributed by atoms with Crippen molar-refractivity contribution in [2.45, 2.75) is 25.1 Å². The SMILES string of the molecule is Cc1cc(C)c(NC(=O)CSc2nnc(NC(=O)c3nc4ccccc4s3)s2)c(C)c1. The number of thiazole rings is 1. The van der Waals surface area contributed by atoms with E-state index < -0.39 is 0 Å². The molecular formula is C21H19N5O2S3. The minimum atomic E-state index is -0.322. The van der Waals surface area contributed by atoms with Crippen LogP contribution in [0.1, 0.15) is 26.5 Å². The summed E-state index contributed by atoms with van der Waals surface area (Å²) in [6.07, 6.45) is 0. The van der Waals surface area contributed by atoms with E-state index in [0.29, 0.717) is 14.5 Å². The molecule has 0 aliphatic heterocycles. The second-order valence-electron chi connectivity index (χ2n) is 6.92. The number of thioether (sulfide) groups is 1. The first-order valence-corrected chi connectivity index (χ1v) is 12.0. The highest BCUT2D eigenvalue weighted by molar-refractivity contribution is 8.01. The van der Waals surface area contributed by atoms with E-state index in [9.17, 15) is 9.59 Å². The van der Waals surface area contributed by atoms with Crippen LogP contribution in [0, 0.1) is 20.8 Å². The van der Waals surface area contributed by atoms with Gasteiger partial charge in [0.1, 0.15) is 0 Å². The molecule has 2 N–H and O–H groups in total. The molecular weight excluding hydrogens is 450 g/mol. The minimum absolute atomic E-state index is 0.115. The fourth-order valence-electron chi connectivity index (χ4n) is 3.12. The average molecular weight is 470 g/mol. The molecule has 2 amide bonds. The number of fused-ring (bicyclic) bond motifs is 1. The molecule has 0 radical (unpaired) electrons. The van der Waals surface area contributed by atoms with Gasteiger partial charge in [-0.25, -0.2) is 4.98 Å². The summed E-state index contributed by atoms with van der Waals surface area (Å²) in [6, 6.07) is 11.7. The van der Waals surface area contributed by atoms with Crippen molar-refractivity contribution in [2.24, 2.45) is 0 Å². The van der Waals surface area contributed by atoms with Crippen LogP contribution >= 0.6 is 34.4 Å². The molecule has 0 unspecified atom stereocenters. The molecule has 7 nitrogen and oxygen atoms in total. The van der Waals surface area contributed by atoms with E-state index in [1.807, 2.05) is 57.2 Å². The first-order valence-electron chi connectivity index (χ1n) is 9.40. The van der Waals surface area contributed by atoms with Gasteiger partial charge in [-0.2, -0.15) is 0 Å². The van der Waals surface area contributed by atoms with Gasteiger partial charge in [0.05, 0.1) is 16.0 Å². The van der Waals surface area contributed by atoms with Crippen molar-refractivity contribution >= 4 is 67.3 Å². The molecule has 0 aliphatic rings. The number of aryl methyl sites for hydroxylation is 3. The lowest BCUT2D eigenvalue weighted by Crippen LogP contribution is -2.15. The Morgan fingerprint density at radius 3 is 2.48 bits per heavy atom. The first-order chi connectivity index (χ1) is 14.9. The molecule has 158 valence electrons. The van der Waals surface area contributed by atoms with Crippen LogP contribution in [0.15, 0.2) is 40.7 Å². The molecule has 0 saturated heterocycles. The van der Waals surface area contributed by atoms with Crippen molar-refractivity contribution < 1.29 is 9.59 Å². The summed E-state index contributed by atoms with van der Waals surface area (Å²) >= 11 is 3.83. The van der Waals surface area contributed by atoms with Gasteiger partial charge in [-0.15, -0.1) is 21.5 Å². The van der Waals surface area contributed by atoms with Gasteiger partial charge in [0.15, 0.2) is 9.35 Å². The van der Waals surface area contributed by atoms with Crippen LogP contribution in [0.5, 0.6) is 0 Å². The predicted molar refractivity (Wildman–Crippen MR) is 127 cm³/mol. The Balaban J connectivity index is 1.34. The van der Waals surface area contributed by atoms with Crippen LogP contribution in [0.2, 0.25) is 0 Å². The van der Waals surface area contributed by atoms with Gasteiger partial charge in [-0.1, -0.05) is 52.9 Å². The molecule has 0 aliphatic carbocycles. The van der Waals surface area contributed by atoms with Crippen molar-refractivity contribution in [2.75, 3.05) is 16.4 Å². The van der Waals surface area contributed by atoms with Crippen molar-refractivity contribution in [3.63, 3.8) is 0 Å². The zero-order valence-corrected chi connectivity index (χ0v) is 19.5. The second-order valence-corrected chi connectivity index (χ2v) is 10.2. The van der Waals surface area contributed by atoms with Gasteiger partial charge >= 0.3 is 0 Å². The highest BCUT2D eigenvalue weighted by Gasteiger charge is 2.16. The van der Waals surface area contributed by atoms with E-state index in [2.05, 4.69) is 25.8 Å². The maximum atomic E-state index is 12.5. The molecule has 2 aromatic carbocycles. The number of hydrogen-bond acceptors (Lipinski definition) is 8. The molecule has 0 atom stereocenters. The summed E-state index contributed by atoms with van der Waals surface area (Å²) < 4.78 is 1.55. The number of aromatic nitrogens is 3. The summed E-state index contributed by atoms with van der Waals surface area (Å²) in [4.78, 5) is 29.2. The van der Waals surface area contributed by atoms with Crippen LogP contribution in [0.3, 0.4) is 0 Å². The van der Waals surface area contributed by atoms with Gasteiger partial charge in [0.25, 0.3) is 5.91 Å². The maximum absolute atomic E-state index is 12.5. The number of carbonyl (C=O) groups is 2. The molecule has 10 heteroatoms. The fourth-order valence-corrected chi connectivity index (χ4v) is 5.53. The quantitative estimate of drug-likeness (QED) is 0.303. The molecule has 4 aromatic rings. The summed E-state index contributed by atoms with van der Waals surface area (Å²) in [5.41, 5.74) is 4.86. The largest absolute Gasteiger partial charge is 0.325 e. The van der Waals surface area contributed by atoms with Crippen LogP contribution in [0.4, 0.5) is 10.8 Å². The number of benzene rings is 2. The van der Waals surface area contributed by atoms with Crippen LogP contribution in [-0.4, -0.2) is 32.7 Å². The van der Waals surface area contributed by atoms with Crippen molar-refractivity contribution in [1.82, 2.24) is 15.2 Å². The lowest BCUT2D eigenvalue weighted by Gasteiger charge is -2.12. The third kappa shape index (κ3) is 5.09. The maximum Gasteiger partial charge on any atom is 0.286 e. The smallest absolute Gasteiger partial charge is 0.286 e. The third-order valence-corrected chi connectivity index (χ3v) is 7.39. The number of hydrogen-bond donors (Lipinski definition) is 2. The van der Waals surface area contributed by atoms with Gasteiger partial charge in [-0.05, 0) is 44.0 Å². The van der Waals surface area contributed by atoms with E-state index in [4.69, 9.17) is 0 Å². The first kappa shape index (κ1) is 21.4. The van der Waals surface area contributed by atoms with Crippen molar-refractivity contribution in [1.29, 1.82) is 0 Å². The van der Waals surface area contributed by atoms with Gasteiger partial charge in [-0.3, -0.25) is 14.9 Å². The van der Waals surface area contributed by atoms with E-state index in [1.165, 1.54) is 34.4 Å². The standard InChI is InChI=1S/C21H19N5O2S3/c1-11-8-12(2)17(13(3)9-11)23-16(27)10-29-21-26-25-20(31-21)24-18(28)19-22-14-6-4-5-7-15(14)30-19/h4-9H,10H2,1-3H3,(H,23,27)(H,24,25,28). The summed E-state index contributed by atoms with van der Waals surface area (Å²) in [6.45, 7) is 5.99. The number of para-hydroxylation sites is 1. The van der Waals surface area contributed by atoms with Crippen LogP contribution < -0.4 is 10.6 Å². The highest BCUT2D eigenvalue weighted by atomic mass is 32.2. The Morgan fingerprint density at radius 2 is 1.74 bits per heavy atom. The lowest BCUT2D eigenvalue weighted by atomic mass is 10.1. The zero-order valence-electron chi connectivity index (χ0n) is 17.1. The van der Waals surface area contributed by atoms with Crippen LogP contribution in [-0.2, 0) is 4.79 Å². The summed E-state index contributed by atoms with van der Waals surface area (Å²) in [5.74, 6) is -0.236. The van der Waals surface area contributed by atoms with E-state index >= 15 is 0 Å². The van der Waals surface area contributed by atoms with E-state index in [0.717, 1.165) is 32.6 Å². The lowest BCUT2D eigenvalue weighted by molar-refractivity contribution is -0.113. The minimum Gasteiger partial charge on any atom is -0.325 e. The topological polar surface area (TPSA) is 96.9 Å². The van der Waals surface area contributed by atoms with Gasteiger partial charge in [0.2, 0.25) is 11.0 Å². The monoisotopic (exact) mass is 469 g/mol. The van der Waals surface area contributed by atoms with Gasteiger partial charge < -0.3 is 5.32 Å². The number of rotatable bonds is 6. The Morgan fingerprint density at radius 1 is 1.00 bits per heavy atom. The molecule has 4 rings (SSSR count). The second kappa shape index (κ2) is 9.13. The molecule has 0 bridgehead atoms. The van der Waals surface area contributed by atoms with Crippen molar-refractivity contribution in [3.05, 3.63) is 58.1 Å². The number of carbonyl (C=O) groups excluding carboxylic acids is 2. The molecule has 0 spiro atoms. The molecule has 31 heavy (non-hydrogen) atoms. The normalized spacial score (nSPS) is 10.9. The Hall–Kier alpha value is -2.82. The fraction of sp³-hybridized carbons (Fsp3) is 0.190. The molecule has 0 fully saturated rings. The number of nitrogens with one attached hydrogen (secondary N) is 2. The Labute approximate surface area is 191 Å². The zero-order chi connectivity index (χ0) is 22.0. The van der Waals surface area contributed by atoms with E-state index in [1.54, 1.807) is 0 Å². The third-order valence-electron chi connectivity index (χ3n) is 4.38. The molecule has 2 heterocycles. The number of amides is 2. The van der Waals surface area contributed by atoms with Gasteiger partial charge in [0, 0.05) is 5.69 Å². The average Bonchev–Trinajstić information content (AvgIpc) is 3.35. The number of nitrogens with zero attached hydrogens (tertiary/aromatic N) is 3. The summed E-state index contributed by atoms with van der Waals surface area (Å²) in [5, 5.41) is 14.5. The molecule has 0 saturated carbocycles. The van der Waals surface area contributed by atoms with E-state index in [-0.39, 0.29) is 17.6 Å². The number of anilines is 2. The van der Waals surface area contributed by atoms with Crippen LogP contribution in [0.25, 0.3) is 10.2 Å². The molecule has 2 aromatic heterocycles. The summed E-state index contributed by atoms with van der Waals surface area (Å²) in [7, 11) is 0. The predicted octanol–water partition coefficient (Wildman–Crippen LogP) is 5.06. The Bertz CT molecular complexity index is 1230. The highest BCUT2D eigenvalue weighted by Crippen LogP contribution is 2.28. The Kier molecular flexibility index (Phi) is 6.30.